The van der Waals surface area contributed by atoms with Crippen LogP contribution in [0.1, 0.15) is 63.3 Å². The van der Waals surface area contributed by atoms with Gasteiger partial charge in [-0.25, -0.2) is 0 Å². The van der Waals surface area contributed by atoms with E-state index in [1.54, 1.807) is 6.08 Å². The van der Waals surface area contributed by atoms with E-state index >= 15 is 0 Å². The van der Waals surface area contributed by atoms with E-state index in [1.165, 1.54) is 6.92 Å². The second kappa shape index (κ2) is 12.1. The van der Waals surface area contributed by atoms with Crippen molar-refractivity contribution in [3.63, 3.8) is 0 Å². The number of tetrazole rings is 1. The van der Waals surface area contributed by atoms with Crippen molar-refractivity contribution in [1.29, 1.82) is 0 Å². The maximum Gasteiger partial charge on any atom is 0.302 e. The van der Waals surface area contributed by atoms with Gasteiger partial charge in [0.25, 0.3) is 0 Å². The fourth-order valence-corrected chi connectivity index (χ4v) is 4.45. The predicted molar refractivity (Wildman–Crippen MR) is 117 cm³/mol. The first-order valence-corrected chi connectivity index (χ1v) is 11.3. The van der Waals surface area contributed by atoms with Gasteiger partial charge in [-0.2, -0.15) is 5.21 Å². The Balaban J connectivity index is 1.46. The summed E-state index contributed by atoms with van der Waals surface area (Å²) in [6, 6.07) is 9.79. The number of hydrogen-bond acceptors (Lipinski definition) is 6. The molecule has 1 aliphatic rings. The number of ketones is 1. The van der Waals surface area contributed by atoms with E-state index < -0.39 is 0 Å². The third-order valence-electron chi connectivity index (χ3n) is 5.96. The average Bonchev–Trinajstić information content (AvgIpc) is 3.40. The van der Waals surface area contributed by atoms with E-state index in [9.17, 15) is 9.59 Å². The van der Waals surface area contributed by atoms with E-state index in [4.69, 9.17) is 4.74 Å². The van der Waals surface area contributed by atoms with Crippen molar-refractivity contribution in [1.82, 2.24) is 20.6 Å². The van der Waals surface area contributed by atoms with Gasteiger partial charge in [0.2, 0.25) is 0 Å². The Morgan fingerprint density at radius 1 is 1.13 bits per heavy atom. The molecule has 1 aromatic carbocycles. The molecule has 3 atom stereocenters. The molecular formula is C24H32N4O3. The summed E-state index contributed by atoms with van der Waals surface area (Å²) in [5.74, 6) is 1.21. The van der Waals surface area contributed by atoms with Crippen LogP contribution in [0.15, 0.2) is 42.5 Å². The molecule has 1 aromatic heterocycles. The number of nitrogens with one attached hydrogen (secondary N) is 1. The molecule has 3 rings (SSSR count). The molecule has 0 radical (unpaired) electrons. The van der Waals surface area contributed by atoms with Crippen LogP contribution in [0.3, 0.4) is 0 Å². The van der Waals surface area contributed by atoms with Crippen LogP contribution in [0.4, 0.5) is 0 Å². The third kappa shape index (κ3) is 7.74. The highest BCUT2D eigenvalue weighted by Gasteiger charge is 2.36. The zero-order chi connectivity index (χ0) is 21.9. The fourth-order valence-electron chi connectivity index (χ4n) is 4.45. The molecule has 1 heterocycles. The summed E-state index contributed by atoms with van der Waals surface area (Å²) in [6.45, 7) is 1.47. The molecule has 31 heavy (non-hydrogen) atoms. The molecule has 0 aliphatic heterocycles. The van der Waals surface area contributed by atoms with Gasteiger partial charge in [0, 0.05) is 25.7 Å². The lowest BCUT2D eigenvalue weighted by Crippen LogP contribution is -2.24. The van der Waals surface area contributed by atoms with E-state index in [0.29, 0.717) is 6.42 Å². The summed E-state index contributed by atoms with van der Waals surface area (Å²) in [5, 5.41) is 14.0. The molecule has 1 fully saturated rings. The quantitative estimate of drug-likeness (QED) is 0.314. The van der Waals surface area contributed by atoms with Gasteiger partial charge in [-0.3, -0.25) is 9.59 Å². The minimum Gasteiger partial charge on any atom is -0.462 e. The summed E-state index contributed by atoms with van der Waals surface area (Å²) < 4.78 is 5.60. The topological polar surface area (TPSA) is 97.8 Å². The van der Waals surface area contributed by atoms with Crippen LogP contribution < -0.4 is 0 Å². The third-order valence-corrected chi connectivity index (χ3v) is 5.96. The van der Waals surface area contributed by atoms with Crippen molar-refractivity contribution in [2.24, 2.45) is 11.8 Å². The van der Waals surface area contributed by atoms with Crippen LogP contribution >= 0.6 is 0 Å². The normalized spacial score (nSPS) is 20.9. The summed E-state index contributed by atoms with van der Waals surface area (Å²) in [4.78, 5) is 23.9. The van der Waals surface area contributed by atoms with Crippen LogP contribution in [0.5, 0.6) is 0 Å². The standard InChI is InChI=1S/C24H32N4O3/c1-18(29)31-23-16-14-20(13-15-21(30)17-19-9-5-4-6-10-19)22(23)11-7-2-3-8-12-24-25-27-28-26-24/h4-6,9-10,13,15,20,22-23H,2-3,7-8,11-12,14,16-17H2,1H3,(H,25,26,27,28)/t20-,22+,23-/m1/s1. The van der Waals surface area contributed by atoms with Crippen molar-refractivity contribution in [3.8, 4) is 0 Å². The Bertz CT molecular complexity index is 836. The minimum absolute atomic E-state index is 0.0456. The lowest BCUT2D eigenvalue weighted by atomic mass is 9.88. The van der Waals surface area contributed by atoms with E-state index in [1.807, 2.05) is 30.3 Å². The molecule has 1 saturated carbocycles. The number of benzene rings is 1. The molecule has 1 aliphatic carbocycles. The van der Waals surface area contributed by atoms with Gasteiger partial charge in [-0.15, -0.1) is 10.2 Å². The first kappa shape index (κ1) is 22.8. The Hall–Kier alpha value is -2.83. The largest absolute Gasteiger partial charge is 0.462 e. The Labute approximate surface area is 183 Å². The number of aromatic amines is 1. The second-order valence-electron chi connectivity index (χ2n) is 8.32. The van der Waals surface area contributed by atoms with Crippen molar-refractivity contribution >= 4 is 11.8 Å². The van der Waals surface area contributed by atoms with Crippen molar-refractivity contribution < 1.29 is 14.3 Å². The zero-order valence-corrected chi connectivity index (χ0v) is 18.2. The van der Waals surface area contributed by atoms with E-state index in [0.717, 1.165) is 62.8 Å². The van der Waals surface area contributed by atoms with E-state index in [-0.39, 0.29) is 29.7 Å². The Morgan fingerprint density at radius 3 is 2.68 bits per heavy atom. The number of carbonyl (C=O) groups is 2. The van der Waals surface area contributed by atoms with Gasteiger partial charge >= 0.3 is 5.97 Å². The Morgan fingerprint density at radius 2 is 1.94 bits per heavy atom. The first-order chi connectivity index (χ1) is 15.1. The number of allylic oxidation sites excluding steroid dienone is 2. The first-order valence-electron chi connectivity index (χ1n) is 11.3. The molecular weight excluding hydrogens is 392 g/mol. The molecule has 2 aromatic rings. The molecule has 0 saturated heterocycles. The molecule has 166 valence electrons. The maximum atomic E-state index is 12.4. The summed E-state index contributed by atoms with van der Waals surface area (Å²) >= 11 is 0. The SMILES string of the molecule is CC(=O)O[C@@H]1CC[C@@H](C=CC(=O)Cc2ccccc2)[C@@H]1CCCCCCc1nn[nH]n1. The number of carbonyl (C=O) groups excluding carboxylic acids is 2. The van der Waals surface area contributed by atoms with Crippen LogP contribution in [-0.4, -0.2) is 38.5 Å². The highest BCUT2D eigenvalue weighted by Crippen LogP contribution is 2.38. The summed E-state index contributed by atoms with van der Waals surface area (Å²) in [7, 11) is 0. The number of hydrogen-bond donors (Lipinski definition) is 1. The Kier molecular flexibility index (Phi) is 8.94. The highest BCUT2D eigenvalue weighted by molar-refractivity contribution is 5.91. The van der Waals surface area contributed by atoms with Crippen LogP contribution in [0.25, 0.3) is 0 Å². The van der Waals surface area contributed by atoms with Gasteiger partial charge in [0.15, 0.2) is 11.6 Å². The molecule has 1 N–H and O–H groups in total. The second-order valence-corrected chi connectivity index (χ2v) is 8.32. The molecule has 0 spiro atoms. The number of aryl methyl sites for hydroxylation is 1. The minimum atomic E-state index is -0.222. The van der Waals surface area contributed by atoms with Gasteiger partial charge < -0.3 is 4.74 Å². The zero-order valence-electron chi connectivity index (χ0n) is 18.2. The molecule has 0 bridgehead atoms. The monoisotopic (exact) mass is 424 g/mol. The number of rotatable bonds is 12. The van der Waals surface area contributed by atoms with E-state index in [2.05, 4.69) is 26.7 Å². The van der Waals surface area contributed by atoms with Crippen molar-refractivity contribution in [2.75, 3.05) is 0 Å². The van der Waals surface area contributed by atoms with Crippen molar-refractivity contribution in [2.45, 2.75) is 70.8 Å². The van der Waals surface area contributed by atoms with Crippen LogP contribution in [-0.2, 0) is 27.2 Å². The average molecular weight is 425 g/mol. The lowest BCUT2D eigenvalue weighted by Gasteiger charge is -2.23. The number of H-pyrrole nitrogens is 1. The summed E-state index contributed by atoms with van der Waals surface area (Å²) in [6.07, 6.45) is 12.2. The van der Waals surface area contributed by atoms with Gasteiger partial charge in [-0.1, -0.05) is 60.9 Å². The number of nitrogens with zero attached hydrogens (tertiary/aromatic N) is 3. The number of aromatic nitrogens is 4. The highest BCUT2D eigenvalue weighted by atomic mass is 16.5. The number of ether oxygens (including phenoxy) is 1. The predicted octanol–water partition coefficient (Wildman–Crippen LogP) is 4.02. The van der Waals surface area contributed by atoms with Crippen LogP contribution in [0.2, 0.25) is 0 Å². The van der Waals surface area contributed by atoms with Gasteiger partial charge in [0.05, 0.1) is 0 Å². The number of esters is 1. The molecule has 7 nitrogen and oxygen atoms in total. The molecule has 7 heteroatoms. The van der Waals surface area contributed by atoms with Gasteiger partial charge in [0.1, 0.15) is 6.10 Å². The van der Waals surface area contributed by atoms with Crippen molar-refractivity contribution in [3.05, 3.63) is 53.9 Å². The number of unbranched alkanes of at least 4 members (excludes halogenated alkanes) is 3. The lowest BCUT2D eigenvalue weighted by molar-refractivity contribution is -0.148. The molecule has 0 unspecified atom stereocenters. The maximum absolute atomic E-state index is 12.4. The molecule has 0 amide bonds. The van der Waals surface area contributed by atoms with Crippen LogP contribution in [0, 0.1) is 11.8 Å². The van der Waals surface area contributed by atoms with Gasteiger partial charge in [-0.05, 0) is 43.2 Å². The summed E-state index contributed by atoms with van der Waals surface area (Å²) in [5.41, 5.74) is 1.03. The fraction of sp³-hybridized carbons (Fsp3) is 0.542. The smallest absolute Gasteiger partial charge is 0.302 e.